The molecule has 0 aliphatic heterocycles. The van der Waals surface area contributed by atoms with Crippen LogP contribution in [0.1, 0.15) is 11.9 Å². The number of sulfonamides is 1. The molecule has 0 aliphatic carbocycles. The van der Waals surface area contributed by atoms with Gasteiger partial charge in [-0.25, -0.2) is 18.4 Å². The van der Waals surface area contributed by atoms with Crippen molar-refractivity contribution in [3.05, 3.63) is 77.9 Å². The van der Waals surface area contributed by atoms with Crippen LogP contribution in [0.4, 0.5) is 5.69 Å². The Morgan fingerprint density at radius 1 is 1.00 bits per heavy atom. The van der Waals surface area contributed by atoms with Crippen molar-refractivity contribution in [3.63, 3.8) is 0 Å². The lowest BCUT2D eigenvalue weighted by Gasteiger charge is -2.22. The highest BCUT2D eigenvalue weighted by Gasteiger charge is 2.23. The molecule has 0 radical (unpaired) electrons. The van der Waals surface area contributed by atoms with Gasteiger partial charge < -0.3 is 0 Å². The molecule has 148 valence electrons. The lowest BCUT2D eigenvalue weighted by atomic mass is 10.3. The Bertz CT molecular complexity index is 1170. The van der Waals surface area contributed by atoms with Gasteiger partial charge in [-0.05, 0) is 43.3 Å². The summed E-state index contributed by atoms with van der Waals surface area (Å²) in [7, 11) is -3.65. The average Bonchev–Trinajstić information content (AvgIpc) is 3.17. The molecule has 2 heterocycles. The number of fused-ring (bicyclic) bond motifs is 1. The third kappa shape index (κ3) is 4.29. The maximum atomic E-state index is 13.0. The monoisotopic (exact) mass is 441 g/mol. The van der Waals surface area contributed by atoms with Gasteiger partial charge in [0.2, 0.25) is 0 Å². The number of thiazole rings is 1. The first-order valence-electron chi connectivity index (χ1n) is 9.09. The molecule has 0 bridgehead atoms. The molecular weight excluding hydrogens is 422 g/mol. The first-order valence-corrected chi connectivity index (χ1v) is 12.3. The van der Waals surface area contributed by atoms with Gasteiger partial charge in [-0.3, -0.25) is 4.31 Å². The number of rotatable bonds is 7. The molecule has 0 N–H and O–H groups in total. The van der Waals surface area contributed by atoms with Crippen LogP contribution in [0.15, 0.2) is 82.8 Å². The Morgan fingerprint density at radius 2 is 1.76 bits per heavy atom. The molecule has 2 aromatic heterocycles. The summed E-state index contributed by atoms with van der Waals surface area (Å²) in [4.78, 5) is 9.17. The number of aromatic nitrogens is 2. The van der Waals surface area contributed by atoms with E-state index in [4.69, 9.17) is 0 Å². The molecule has 4 aromatic rings. The zero-order valence-corrected chi connectivity index (χ0v) is 18.2. The van der Waals surface area contributed by atoms with E-state index in [-0.39, 0.29) is 4.90 Å². The van der Waals surface area contributed by atoms with Crippen LogP contribution < -0.4 is 4.31 Å². The molecule has 2 aromatic carbocycles. The number of hydrogen-bond donors (Lipinski definition) is 0. The van der Waals surface area contributed by atoms with Gasteiger partial charge in [-0.1, -0.05) is 42.1 Å². The molecular formula is C21H19N3O2S3. The summed E-state index contributed by atoms with van der Waals surface area (Å²) in [6.45, 7) is 2.17. The predicted molar refractivity (Wildman–Crippen MR) is 120 cm³/mol. The van der Waals surface area contributed by atoms with Crippen LogP contribution in [0.2, 0.25) is 0 Å². The van der Waals surface area contributed by atoms with Gasteiger partial charge in [-0.2, -0.15) is 0 Å². The summed E-state index contributed by atoms with van der Waals surface area (Å²) >= 11 is 3.21. The molecule has 5 nitrogen and oxygen atoms in total. The van der Waals surface area contributed by atoms with Crippen LogP contribution in [0.3, 0.4) is 0 Å². The smallest absolute Gasteiger partial charge is 0.265 e. The molecule has 0 spiro atoms. The summed E-state index contributed by atoms with van der Waals surface area (Å²) in [5.74, 6) is 0.698. The highest BCUT2D eigenvalue weighted by Crippen LogP contribution is 2.29. The number of hydrogen-bond acceptors (Lipinski definition) is 6. The lowest BCUT2D eigenvalue weighted by Crippen LogP contribution is -2.30. The van der Waals surface area contributed by atoms with Crippen molar-refractivity contribution in [2.75, 3.05) is 10.8 Å². The van der Waals surface area contributed by atoms with Crippen molar-refractivity contribution in [1.29, 1.82) is 0 Å². The molecule has 0 saturated carbocycles. The predicted octanol–water partition coefficient (Wildman–Crippen LogP) is 5.20. The summed E-state index contributed by atoms with van der Waals surface area (Å²) in [6.07, 6.45) is 1.43. The number of para-hydroxylation sites is 2. The number of nitrogens with zero attached hydrogens (tertiary/aromatic N) is 3. The SMILES string of the molecule is CCN(c1ccccc1)S(=O)(=O)c1ccc(SCc2nc3ccccc3s2)nc1. The van der Waals surface area contributed by atoms with E-state index in [1.165, 1.54) is 10.5 Å². The molecule has 0 atom stereocenters. The summed E-state index contributed by atoms with van der Waals surface area (Å²) in [5.41, 5.74) is 1.65. The number of anilines is 1. The number of benzene rings is 2. The molecule has 29 heavy (non-hydrogen) atoms. The summed E-state index contributed by atoms with van der Waals surface area (Å²) in [5, 5.41) is 1.79. The van der Waals surface area contributed by atoms with Crippen LogP contribution in [0, 0.1) is 0 Å². The van der Waals surface area contributed by atoms with Crippen molar-refractivity contribution >= 4 is 49.0 Å². The highest BCUT2D eigenvalue weighted by atomic mass is 32.2. The Balaban J connectivity index is 1.49. The largest absolute Gasteiger partial charge is 0.267 e. The number of pyridine rings is 1. The van der Waals surface area contributed by atoms with E-state index in [1.807, 2.05) is 43.3 Å². The average molecular weight is 442 g/mol. The second-order valence-electron chi connectivity index (χ2n) is 6.20. The van der Waals surface area contributed by atoms with E-state index in [9.17, 15) is 8.42 Å². The maximum absolute atomic E-state index is 13.0. The Labute approximate surface area is 178 Å². The van der Waals surface area contributed by atoms with Gasteiger partial charge in [0, 0.05) is 12.7 Å². The van der Waals surface area contributed by atoms with Crippen molar-refractivity contribution in [3.8, 4) is 0 Å². The Morgan fingerprint density at radius 3 is 2.45 bits per heavy atom. The fraction of sp³-hybridized carbons (Fsp3) is 0.143. The molecule has 0 unspecified atom stereocenters. The van der Waals surface area contributed by atoms with E-state index in [1.54, 1.807) is 47.4 Å². The first-order chi connectivity index (χ1) is 14.1. The molecule has 8 heteroatoms. The van der Waals surface area contributed by atoms with Crippen LogP contribution in [0.25, 0.3) is 10.2 Å². The lowest BCUT2D eigenvalue weighted by molar-refractivity contribution is 0.591. The normalized spacial score (nSPS) is 11.6. The third-order valence-corrected chi connectivity index (χ3v) is 8.37. The highest BCUT2D eigenvalue weighted by molar-refractivity contribution is 7.98. The van der Waals surface area contributed by atoms with Gasteiger partial charge in [0.15, 0.2) is 0 Å². The fourth-order valence-electron chi connectivity index (χ4n) is 2.93. The maximum Gasteiger partial charge on any atom is 0.265 e. The second kappa shape index (κ2) is 8.52. The second-order valence-corrected chi connectivity index (χ2v) is 10.2. The van der Waals surface area contributed by atoms with Crippen molar-refractivity contribution in [1.82, 2.24) is 9.97 Å². The zero-order valence-electron chi connectivity index (χ0n) is 15.7. The van der Waals surface area contributed by atoms with Gasteiger partial charge in [0.1, 0.15) is 9.90 Å². The van der Waals surface area contributed by atoms with Crippen LogP contribution in [-0.4, -0.2) is 24.9 Å². The Kier molecular flexibility index (Phi) is 5.84. The quantitative estimate of drug-likeness (QED) is 0.369. The fourth-order valence-corrected chi connectivity index (χ4v) is 6.16. The van der Waals surface area contributed by atoms with Gasteiger partial charge in [0.25, 0.3) is 10.0 Å². The summed E-state index contributed by atoms with van der Waals surface area (Å²) in [6, 6.07) is 20.5. The first kappa shape index (κ1) is 19.9. The van der Waals surface area contributed by atoms with E-state index < -0.39 is 10.0 Å². The molecule has 0 aliphatic rings. The Hall–Kier alpha value is -2.42. The molecule has 4 rings (SSSR count). The van der Waals surface area contributed by atoms with E-state index in [0.29, 0.717) is 18.0 Å². The van der Waals surface area contributed by atoms with Gasteiger partial charge in [-0.15, -0.1) is 11.3 Å². The molecule has 0 saturated heterocycles. The van der Waals surface area contributed by atoms with Crippen LogP contribution >= 0.6 is 23.1 Å². The van der Waals surface area contributed by atoms with E-state index in [0.717, 1.165) is 20.3 Å². The minimum Gasteiger partial charge on any atom is -0.267 e. The minimum absolute atomic E-state index is 0.188. The van der Waals surface area contributed by atoms with Crippen molar-refractivity contribution in [2.24, 2.45) is 0 Å². The topological polar surface area (TPSA) is 63.2 Å². The molecule has 0 amide bonds. The zero-order chi connectivity index (χ0) is 20.3. The standard InChI is InChI=1S/C21H19N3O2S3/c1-2-24(16-8-4-3-5-9-16)29(25,26)17-12-13-20(22-14-17)27-15-21-23-18-10-6-7-11-19(18)28-21/h3-14H,2,15H2,1H3. The van der Waals surface area contributed by atoms with Crippen LogP contribution in [-0.2, 0) is 15.8 Å². The van der Waals surface area contributed by atoms with E-state index >= 15 is 0 Å². The third-order valence-electron chi connectivity index (χ3n) is 4.31. The minimum atomic E-state index is -3.65. The van der Waals surface area contributed by atoms with E-state index in [2.05, 4.69) is 16.0 Å². The van der Waals surface area contributed by atoms with Crippen molar-refractivity contribution in [2.45, 2.75) is 22.6 Å². The van der Waals surface area contributed by atoms with Crippen molar-refractivity contribution < 1.29 is 8.42 Å². The summed E-state index contributed by atoms with van der Waals surface area (Å²) < 4.78 is 28.6. The van der Waals surface area contributed by atoms with Gasteiger partial charge in [0.05, 0.1) is 26.7 Å². The molecule has 0 fully saturated rings. The van der Waals surface area contributed by atoms with Gasteiger partial charge >= 0.3 is 0 Å². The number of thioether (sulfide) groups is 1. The van der Waals surface area contributed by atoms with Crippen LogP contribution in [0.5, 0.6) is 0 Å².